The molecule has 0 spiro atoms. The molecule has 0 heterocycles. The predicted molar refractivity (Wildman–Crippen MR) is 49.8 cm³/mol. The fourth-order valence-corrected chi connectivity index (χ4v) is 2.13. The summed E-state index contributed by atoms with van der Waals surface area (Å²) in [6, 6.07) is -0.253. The molecular formula is C10H18F3N. The van der Waals surface area contributed by atoms with E-state index in [1.165, 1.54) is 6.42 Å². The van der Waals surface area contributed by atoms with Crippen LogP contribution in [-0.4, -0.2) is 12.2 Å². The molecule has 84 valence electrons. The van der Waals surface area contributed by atoms with E-state index >= 15 is 0 Å². The first kappa shape index (κ1) is 11.8. The Morgan fingerprint density at radius 1 is 1.14 bits per heavy atom. The predicted octanol–water partition coefficient (Wildman–Crippen LogP) is 3.24. The van der Waals surface area contributed by atoms with E-state index in [2.05, 4.69) is 0 Å². The molecule has 0 bridgehead atoms. The molecule has 0 amide bonds. The van der Waals surface area contributed by atoms with Gasteiger partial charge in [0.25, 0.3) is 0 Å². The summed E-state index contributed by atoms with van der Waals surface area (Å²) < 4.78 is 35.8. The summed E-state index contributed by atoms with van der Waals surface area (Å²) in [7, 11) is 0. The summed E-state index contributed by atoms with van der Waals surface area (Å²) in [6.07, 6.45) is 0.806. The van der Waals surface area contributed by atoms with Crippen LogP contribution >= 0.6 is 0 Å². The molecule has 4 heteroatoms. The molecule has 0 aromatic carbocycles. The molecule has 14 heavy (non-hydrogen) atoms. The zero-order valence-electron chi connectivity index (χ0n) is 8.32. The molecule has 1 aliphatic rings. The Bertz CT molecular complexity index is 161. The molecule has 1 saturated carbocycles. The van der Waals surface area contributed by atoms with E-state index in [9.17, 15) is 13.2 Å². The van der Waals surface area contributed by atoms with Crippen molar-refractivity contribution in [2.24, 2.45) is 11.7 Å². The second kappa shape index (κ2) is 5.01. The fraction of sp³-hybridized carbons (Fsp3) is 1.00. The minimum Gasteiger partial charge on any atom is -0.327 e. The molecule has 1 fully saturated rings. The molecule has 0 saturated heterocycles. The number of halogens is 3. The highest BCUT2D eigenvalue weighted by Gasteiger charge is 2.29. The Balaban J connectivity index is 2.23. The van der Waals surface area contributed by atoms with Gasteiger partial charge in [0.2, 0.25) is 0 Å². The molecule has 1 aliphatic carbocycles. The average Bonchev–Trinajstić information content (AvgIpc) is 2.14. The lowest BCUT2D eigenvalue weighted by atomic mass is 9.83. The van der Waals surface area contributed by atoms with E-state index < -0.39 is 12.6 Å². The van der Waals surface area contributed by atoms with Crippen LogP contribution in [0.4, 0.5) is 13.2 Å². The maximum atomic E-state index is 11.9. The standard InChI is InChI=1S/C10H18F3N/c11-10(12,13)7-6-9(14)8-4-2-1-3-5-8/h8-9H,1-7,14H2. The van der Waals surface area contributed by atoms with Gasteiger partial charge in [-0.25, -0.2) is 0 Å². The number of alkyl halides is 3. The van der Waals surface area contributed by atoms with Gasteiger partial charge in [0, 0.05) is 12.5 Å². The zero-order valence-corrected chi connectivity index (χ0v) is 8.32. The highest BCUT2D eigenvalue weighted by molar-refractivity contribution is 4.77. The fourth-order valence-electron chi connectivity index (χ4n) is 2.13. The van der Waals surface area contributed by atoms with E-state index in [0.717, 1.165) is 25.7 Å². The van der Waals surface area contributed by atoms with Crippen LogP contribution in [-0.2, 0) is 0 Å². The first-order valence-corrected chi connectivity index (χ1v) is 5.31. The van der Waals surface area contributed by atoms with Crippen molar-refractivity contribution in [3.63, 3.8) is 0 Å². The van der Waals surface area contributed by atoms with Crippen LogP contribution in [0.25, 0.3) is 0 Å². The summed E-state index contributed by atoms with van der Waals surface area (Å²) >= 11 is 0. The summed E-state index contributed by atoms with van der Waals surface area (Å²) in [5, 5.41) is 0. The quantitative estimate of drug-likeness (QED) is 0.758. The molecule has 1 unspecified atom stereocenters. The van der Waals surface area contributed by atoms with E-state index in [4.69, 9.17) is 5.73 Å². The highest BCUT2D eigenvalue weighted by Crippen LogP contribution is 2.29. The third-order valence-electron chi connectivity index (χ3n) is 3.02. The van der Waals surface area contributed by atoms with Gasteiger partial charge >= 0.3 is 6.18 Å². The van der Waals surface area contributed by atoms with Crippen molar-refractivity contribution in [3.8, 4) is 0 Å². The molecular weight excluding hydrogens is 191 g/mol. The largest absolute Gasteiger partial charge is 0.389 e. The summed E-state index contributed by atoms with van der Waals surface area (Å²) in [6.45, 7) is 0. The topological polar surface area (TPSA) is 26.0 Å². The lowest BCUT2D eigenvalue weighted by Gasteiger charge is -2.27. The van der Waals surface area contributed by atoms with Gasteiger partial charge in [-0.05, 0) is 25.2 Å². The van der Waals surface area contributed by atoms with Crippen LogP contribution in [0.2, 0.25) is 0 Å². The third-order valence-corrected chi connectivity index (χ3v) is 3.02. The highest BCUT2D eigenvalue weighted by atomic mass is 19.4. The monoisotopic (exact) mass is 209 g/mol. The average molecular weight is 209 g/mol. The van der Waals surface area contributed by atoms with Crippen LogP contribution < -0.4 is 5.73 Å². The van der Waals surface area contributed by atoms with Gasteiger partial charge in [-0.15, -0.1) is 0 Å². The van der Waals surface area contributed by atoms with E-state index in [-0.39, 0.29) is 12.5 Å². The van der Waals surface area contributed by atoms with Crippen molar-refractivity contribution in [2.45, 2.75) is 57.2 Å². The molecule has 0 aliphatic heterocycles. The van der Waals surface area contributed by atoms with Crippen LogP contribution in [0.1, 0.15) is 44.9 Å². The van der Waals surface area contributed by atoms with Crippen LogP contribution in [0.5, 0.6) is 0 Å². The van der Waals surface area contributed by atoms with Gasteiger partial charge in [-0.2, -0.15) is 13.2 Å². The van der Waals surface area contributed by atoms with E-state index in [1.54, 1.807) is 0 Å². The van der Waals surface area contributed by atoms with Gasteiger partial charge in [-0.3, -0.25) is 0 Å². The second-order valence-electron chi connectivity index (χ2n) is 4.22. The van der Waals surface area contributed by atoms with Crippen LogP contribution in [0.15, 0.2) is 0 Å². The normalized spacial score (nSPS) is 22.3. The number of hydrogen-bond donors (Lipinski definition) is 1. The number of hydrogen-bond acceptors (Lipinski definition) is 1. The molecule has 0 aromatic rings. The van der Waals surface area contributed by atoms with Crippen molar-refractivity contribution in [1.29, 1.82) is 0 Å². The van der Waals surface area contributed by atoms with Gasteiger partial charge in [-0.1, -0.05) is 19.3 Å². The molecule has 1 nitrogen and oxygen atoms in total. The van der Waals surface area contributed by atoms with Crippen LogP contribution in [0.3, 0.4) is 0 Å². The Labute approximate surface area is 82.9 Å². The molecule has 0 aromatic heterocycles. The maximum absolute atomic E-state index is 11.9. The van der Waals surface area contributed by atoms with Crippen molar-refractivity contribution in [2.75, 3.05) is 0 Å². The van der Waals surface area contributed by atoms with Crippen molar-refractivity contribution >= 4 is 0 Å². The Morgan fingerprint density at radius 2 is 1.71 bits per heavy atom. The van der Waals surface area contributed by atoms with E-state index in [0.29, 0.717) is 5.92 Å². The number of nitrogens with two attached hydrogens (primary N) is 1. The third kappa shape index (κ3) is 4.31. The minimum atomic E-state index is -4.05. The zero-order chi connectivity index (χ0) is 10.6. The molecule has 0 radical (unpaired) electrons. The molecule has 1 atom stereocenters. The maximum Gasteiger partial charge on any atom is 0.389 e. The smallest absolute Gasteiger partial charge is 0.327 e. The second-order valence-corrected chi connectivity index (χ2v) is 4.22. The number of rotatable bonds is 3. The summed E-state index contributed by atoms with van der Waals surface area (Å²) in [4.78, 5) is 0. The van der Waals surface area contributed by atoms with Gasteiger partial charge in [0.1, 0.15) is 0 Å². The van der Waals surface area contributed by atoms with Crippen molar-refractivity contribution in [1.82, 2.24) is 0 Å². The van der Waals surface area contributed by atoms with Gasteiger partial charge < -0.3 is 5.73 Å². The summed E-state index contributed by atoms with van der Waals surface area (Å²) in [5.41, 5.74) is 5.76. The lowest BCUT2D eigenvalue weighted by Crippen LogP contribution is -2.32. The van der Waals surface area contributed by atoms with Crippen molar-refractivity contribution < 1.29 is 13.2 Å². The summed E-state index contributed by atoms with van der Waals surface area (Å²) in [5.74, 6) is 0.325. The first-order chi connectivity index (χ1) is 6.49. The van der Waals surface area contributed by atoms with Gasteiger partial charge in [0.15, 0.2) is 0 Å². The Morgan fingerprint density at radius 3 is 2.21 bits per heavy atom. The Kier molecular flexibility index (Phi) is 4.23. The van der Waals surface area contributed by atoms with Crippen molar-refractivity contribution in [3.05, 3.63) is 0 Å². The van der Waals surface area contributed by atoms with Crippen LogP contribution in [0, 0.1) is 5.92 Å². The first-order valence-electron chi connectivity index (χ1n) is 5.31. The SMILES string of the molecule is NC(CCC(F)(F)F)C1CCCCC1. The lowest BCUT2D eigenvalue weighted by molar-refractivity contribution is -0.136. The Hall–Kier alpha value is -0.250. The van der Waals surface area contributed by atoms with E-state index in [1.807, 2.05) is 0 Å². The minimum absolute atomic E-state index is 0.0914. The molecule has 1 rings (SSSR count). The molecule has 2 N–H and O–H groups in total. The van der Waals surface area contributed by atoms with Gasteiger partial charge in [0.05, 0.1) is 0 Å².